The minimum atomic E-state index is -0.425. The van der Waals surface area contributed by atoms with Gasteiger partial charge in [-0.3, -0.25) is 4.79 Å². The number of hydrogen-bond donors (Lipinski definition) is 2. The molecule has 3 amide bonds. The van der Waals surface area contributed by atoms with E-state index in [2.05, 4.69) is 20.9 Å². The van der Waals surface area contributed by atoms with Crippen LogP contribution < -0.4 is 10.6 Å². The fraction of sp³-hybridized carbons (Fsp3) is 0.579. The van der Waals surface area contributed by atoms with Gasteiger partial charge in [-0.25, -0.2) is 9.48 Å². The maximum Gasteiger partial charge on any atom is 0.315 e. The van der Waals surface area contributed by atoms with Crippen LogP contribution in [0.1, 0.15) is 45.7 Å². The van der Waals surface area contributed by atoms with Crippen LogP contribution in [-0.2, 0) is 24.4 Å². The maximum atomic E-state index is 12.8. The summed E-state index contributed by atoms with van der Waals surface area (Å²) in [6, 6.07) is 3.65. The first-order valence-corrected chi connectivity index (χ1v) is 10.7. The summed E-state index contributed by atoms with van der Waals surface area (Å²) in [6.45, 7) is 7.11. The number of likely N-dealkylation sites (tertiary alicyclic amines) is 1. The van der Waals surface area contributed by atoms with Gasteiger partial charge < -0.3 is 20.3 Å². The van der Waals surface area contributed by atoms with Crippen LogP contribution in [0.5, 0.6) is 0 Å². The van der Waals surface area contributed by atoms with Gasteiger partial charge in [-0.05, 0) is 31.9 Å². The Balaban J connectivity index is 1.37. The smallest absolute Gasteiger partial charge is 0.315 e. The molecule has 2 N–H and O–H groups in total. The molecule has 1 fully saturated rings. The Kier molecular flexibility index (Phi) is 5.55. The Hall–Kier alpha value is -2.46. The minimum absolute atomic E-state index is 0.0657. The number of fused-ring (bicyclic) bond motifs is 1. The number of carbonyl (C=O) groups excluding carboxylic acids is 2. The van der Waals surface area contributed by atoms with Crippen LogP contribution in [0.25, 0.3) is 0 Å². The SMILES string of the molecule is CCCNC(=O)NCc1nnn2c1COC1(CCN(C(=O)c3ccc(C)s3)C1)C2. The highest BCUT2D eigenvalue weighted by Gasteiger charge is 2.45. The number of aromatic nitrogens is 3. The van der Waals surface area contributed by atoms with Crippen LogP contribution in [-0.4, -0.2) is 57.1 Å². The van der Waals surface area contributed by atoms with E-state index in [-0.39, 0.29) is 11.9 Å². The Bertz CT molecular complexity index is 910. The van der Waals surface area contributed by atoms with Crippen LogP contribution >= 0.6 is 11.3 Å². The summed E-state index contributed by atoms with van der Waals surface area (Å²) in [5.74, 6) is 0.0657. The number of nitrogens with zero attached hydrogens (tertiary/aromatic N) is 4. The normalized spacial score (nSPS) is 20.7. The molecule has 2 aromatic heterocycles. The lowest BCUT2D eigenvalue weighted by atomic mass is 10.0. The number of hydrogen-bond acceptors (Lipinski definition) is 6. The Morgan fingerprint density at radius 1 is 1.31 bits per heavy atom. The zero-order valence-electron chi connectivity index (χ0n) is 16.7. The summed E-state index contributed by atoms with van der Waals surface area (Å²) < 4.78 is 8.08. The molecule has 0 saturated carbocycles. The van der Waals surface area contributed by atoms with Gasteiger partial charge in [0.2, 0.25) is 0 Å². The first-order chi connectivity index (χ1) is 14.0. The molecule has 4 rings (SSSR count). The van der Waals surface area contributed by atoms with E-state index in [9.17, 15) is 9.59 Å². The highest BCUT2D eigenvalue weighted by molar-refractivity contribution is 7.13. The van der Waals surface area contributed by atoms with Crippen molar-refractivity contribution in [1.29, 1.82) is 0 Å². The number of urea groups is 1. The third kappa shape index (κ3) is 4.13. The average Bonchev–Trinajstić information content (AvgIpc) is 3.43. The van der Waals surface area contributed by atoms with Crippen molar-refractivity contribution >= 4 is 23.3 Å². The molecule has 156 valence electrons. The van der Waals surface area contributed by atoms with Gasteiger partial charge in [-0.1, -0.05) is 12.1 Å². The average molecular weight is 419 g/mol. The molecule has 0 radical (unpaired) electrons. The predicted molar refractivity (Wildman–Crippen MR) is 108 cm³/mol. The summed E-state index contributed by atoms with van der Waals surface area (Å²) in [5, 5.41) is 14.1. The van der Waals surface area contributed by atoms with E-state index in [4.69, 9.17) is 4.74 Å². The maximum absolute atomic E-state index is 12.8. The Labute approximate surface area is 173 Å². The molecule has 2 aliphatic rings. The molecule has 0 bridgehead atoms. The number of ether oxygens (including phenoxy) is 1. The molecule has 0 aromatic carbocycles. The van der Waals surface area contributed by atoms with Crippen molar-refractivity contribution in [1.82, 2.24) is 30.5 Å². The number of aryl methyl sites for hydroxylation is 1. The molecular weight excluding hydrogens is 392 g/mol. The fourth-order valence-electron chi connectivity index (χ4n) is 3.77. The van der Waals surface area contributed by atoms with Crippen LogP contribution in [0.15, 0.2) is 12.1 Å². The largest absolute Gasteiger partial charge is 0.365 e. The predicted octanol–water partition coefficient (Wildman–Crippen LogP) is 1.67. The highest BCUT2D eigenvalue weighted by Crippen LogP contribution is 2.34. The molecule has 4 heterocycles. The number of amides is 3. The van der Waals surface area contributed by atoms with Gasteiger partial charge in [-0.15, -0.1) is 16.4 Å². The van der Waals surface area contributed by atoms with Crippen molar-refractivity contribution in [2.45, 2.75) is 52.0 Å². The molecule has 1 unspecified atom stereocenters. The zero-order valence-corrected chi connectivity index (χ0v) is 17.5. The molecule has 1 spiro atoms. The van der Waals surface area contributed by atoms with Crippen molar-refractivity contribution in [2.24, 2.45) is 0 Å². The molecule has 10 heteroatoms. The third-order valence-corrected chi connectivity index (χ3v) is 6.37. The van der Waals surface area contributed by atoms with Gasteiger partial charge in [0, 0.05) is 18.0 Å². The molecule has 1 atom stereocenters. The van der Waals surface area contributed by atoms with Gasteiger partial charge in [-0.2, -0.15) is 0 Å². The van der Waals surface area contributed by atoms with E-state index in [0.717, 1.165) is 28.3 Å². The van der Waals surface area contributed by atoms with E-state index in [0.29, 0.717) is 45.0 Å². The first kappa shape index (κ1) is 19.8. The summed E-state index contributed by atoms with van der Waals surface area (Å²) in [6.07, 6.45) is 1.66. The molecule has 2 aliphatic heterocycles. The van der Waals surface area contributed by atoms with Crippen LogP contribution in [0, 0.1) is 6.92 Å². The Morgan fingerprint density at radius 3 is 2.93 bits per heavy atom. The number of carbonyl (C=O) groups is 2. The van der Waals surface area contributed by atoms with Gasteiger partial charge in [0.05, 0.1) is 36.8 Å². The molecular formula is C19H26N6O3S. The molecule has 1 saturated heterocycles. The fourth-order valence-corrected chi connectivity index (χ4v) is 4.60. The van der Waals surface area contributed by atoms with E-state index in [1.165, 1.54) is 11.3 Å². The zero-order chi connectivity index (χ0) is 20.4. The van der Waals surface area contributed by atoms with E-state index in [1.54, 1.807) is 0 Å². The van der Waals surface area contributed by atoms with E-state index < -0.39 is 5.60 Å². The second-order valence-electron chi connectivity index (χ2n) is 7.61. The summed E-state index contributed by atoms with van der Waals surface area (Å²) in [7, 11) is 0. The monoisotopic (exact) mass is 418 g/mol. The molecule has 29 heavy (non-hydrogen) atoms. The standard InChI is InChI=1S/C19H26N6O3S/c1-3-7-20-18(27)21-9-14-15-10-28-19(12-25(15)23-22-14)6-8-24(11-19)17(26)16-5-4-13(2)29-16/h4-5H,3,6-12H2,1-2H3,(H2,20,21,27). The Morgan fingerprint density at radius 2 is 2.17 bits per heavy atom. The van der Waals surface area contributed by atoms with Crippen molar-refractivity contribution < 1.29 is 14.3 Å². The molecule has 0 aliphatic carbocycles. The van der Waals surface area contributed by atoms with Crippen molar-refractivity contribution in [3.63, 3.8) is 0 Å². The van der Waals surface area contributed by atoms with Gasteiger partial charge >= 0.3 is 6.03 Å². The highest BCUT2D eigenvalue weighted by atomic mass is 32.1. The quantitative estimate of drug-likeness (QED) is 0.769. The lowest BCUT2D eigenvalue weighted by Crippen LogP contribution is -2.45. The summed E-state index contributed by atoms with van der Waals surface area (Å²) in [4.78, 5) is 28.3. The lowest BCUT2D eigenvalue weighted by molar-refractivity contribution is -0.0828. The first-order valence-electron chi connectivity index (χ1n) is 9.92. The van der Waals surface area contributed by atoms with Crippen molar-refractivity contribution in [2.75, 3.05) is 19.6 Å². The molecule has 2 aromatic rings. The third-order valence-electron chi connectivity index (χ3n) is 5.38. The van der Waals surface area contributed by atoms with Gasteiger partial charge in [0.15, 0.2) is 0 Å². The van der Waals surface area contributed by atoms with Crippen LogP contribution in [0.4, 0.5) is 4.79 Å². The lowest BCUT2D eigenvalue weighted by Gasteiger charge is -2.33. The van der Waals surface area contributed by atoms with Crippen LogP contribution in [0.3, 0.4) is 0 Å². The number of rotatable bonds is 5. The number of nitrogens with one attached hydrogen (secondary N) is 2. The van der Waals surface area contributed by atoms with Gasteiger partial charge in [0.25, 0.3) is 5.91 Å². The van der Waals surface area contributed by atoms with Crippen molar-refractivity contribution in [3.05, 3.63) is 33.3 Å². The molecule has 9 nitrogen and oxygen atoms in total. The van der Waals surface area contributed by atoms with E-state index >= 15 is 0 Å². The van der Waals surface area contributed by atoms with Crippen molar-refractivity contribution in [3.8, 4) is 0 Å². The summed E-state index contributed by atoms with van der Waals surface area (Å²) in [5.41, 5.74) is 1.17. The minimum Gasteiger partial charge on any atom is -0.365 e. The van der Waals surface area contributed by atoms with Crippen LogP contribution in [0.2, 0.25) is 0 Å². The second-order valence-corrected chi connectivity index (χ2v) is 8.90. The van der Waals surface area contributed by atoms with Gasteiger partial charge in [0.1, 0.15) is 11.3 Å². The second kappa shape index (κ2) is 8.11. The topological polar surface area (TPSA) is 101 Å². The van der Waals surface area contributed by atoms with E-state index in [1.807, 2.05) is 35.6 Å². The summed E-state index contributed by atoms with van der Waals surface area (Å²) >= 11 is 1.52. The number of thiophene rings is 1.